The molecule has 29 heavy (non-hydrogen) atoms. The molecule has 0 radical (unpaired) electrons. The topological polar surface area (TPSA) is 83.5 Å². The molecule has 0 fully saturated rings. The van der Waals surface area contributed by atoms with Gasteiger partial charge < -0.3 is 5.32 Å². The van der Waals surface area contributed by atoms with Crippen molar-refractivity contribution in [1.82, 2.24) is 10.4 Å². The van der Waals surface area contributed by atoms with Gasteiger partial charge in [-0.25, -0.2) is 5.43 Å². The van der Waals surface area contributed by atoms with Crippen molar-refractivity contribution in [3.05, 3.63) is 93.7 Å². The van der Waals surface area contributed by atoms with Crippen LogP contribution in [0.1, 0.15) is 31.8 Å². The minimum atomic E-state index is -0.439. The van der Waals surface area contributed by atoms with Crippen molar-refractivity contribution in [3.8, 4) is 0 Å². The summed E-state index contributed by atoms with van der Waals surface area (Å²) in [5.74, 6) is -0.793. The van der Waals surface area contributed by atoms with Crippen LogP contribution in [0.25, 0.3) is 0 Å². The minimum Gasteiger partial charge on any atom is -0.321 e. The predicted molar refractivity (Wildman–Crippen MR) is 120 cm³/mol. The molecule has 0 aliphatic heterocycles. The van der Waals surface area contributed by atoms with Gasteiger partial charge in [-0.05, 0) is 42.8 Å². The molecule has 1 heterocycles. The van der Waals surface area contributed by atoms with Gasteiger partial charge in [0.25, 0.3) is 11.8 Å². The summed E-state index contributed by atoms with van der Waals surface area (Å²) in [4.78, 5) is 28.9. The van der Waals surface area contributed by atoms with Gasteiger partial charge in [-0.1, -0.05) is 45.8 Å². The molecule has 3 aromatic rings. The second-order valence-electron chi connectivity index (χ2n) is 6.00. The van der Waals surface area contributed by atoms with Crippen LogP contribution in [0.2, 0.25) is 0 Å². The first-order chi connectivity index (χ1) is 13.5. The molecular formula is C21H18BrClN4O2. The monoisotopic (exact) mass is 472 g/mol. The molecule has 2 N–H and O–H groups in total. The van der Waals surface area contributed by atoms with E-state index < -0.39 is 5.91 Å². The van der Waals surface area contributed by atoms with Gasteiger partial charge in [-0.15, -0.1) is 12.4 Å². The lowest BCUT2D eigenvalue weighted by Crippen LogP contribution is -2.21. The van der Waals surface area contributed by atoms with Gasteiger partial charge in [0.1, 0.15) is 0 Å². The minimum absolute atomic E-state index is 0. The number of rotatable bonds is 5. The van der Waals surface area contributed by atoms with Gasteiger partial charge in [0.2, 0.25) is 0 Å². The molecule has 2 amide bonds. The number of aryl methyl sites for hydroxylation is 1. The van der Waals surface area contributed by atoms with Gasteiger partial charge in [0.15, 0.2) is 0 Å². The number of halogens is 2. The third kappa shape index (κ3) is 6.23. The first-order valence-corrected chi connectivity index (χ1v) is 9.23. The normalized spacial score (nSPS) is 10.3. The molecule has 0 spiro atoms. The number of hydrogen-bond acceptors (Lipinski definition) is 4. The molecule has 0 aliphatic carbocycles. The molecule has 8 heteroatoms. The van der Waals surface area contributed by atoms with Crippen molar-refractivity contribution in [1.29, 1.82) is 0 Å². The summed E-state index contributed by atoms with van der Waals surface area (Å²) in [5, 5.41) is 6.73. The number of aromatic nitrogens is 1. The lowest BCUT2D eigenvalue weighted by atomic mass is 10.1. The van der Waals surface area contributed by atoms with Gasteiger partial charge in [-0.3, -0.25) is 14.6 Å². The van der Waals surface area contributed by atoms with Gasteiger partial charge in [-0.2, -0.15) is 5.10 Å². The molecule has 0 bridgehead atoms. The maximum absolute atomic E-state index is 12.6. The Balaban J connectivity index is 0.00000300. The summed E-state index contributed by atoms with van der Waals surface area (Å²) in [5.41, 5.74) is 5.55. The maximum Gasteiger partial charge on any atom is 0.273 e. The first kappa shape index (κ1) is 22.3. The number of benzene rings is 2. The van der Waals surface area contributed by atoms with E-state index in [9.17, 15) is 9.59 Å². The largest absolute Gasteiger partial charge is 0.321 e. The highest BCUT2D eigenvalue weighted by Gasteiger charge is 2.15. The summed E-state index contributed by atoms with van der Waals surface area (Å²) in [6.07, 6.45) is 4.60. The molecule has 3 rings (SSSR count). The Kier molecular flexibility index (Phi) is 8.06. The Bertz CT molecular complexity index is 1020. The van der Waals surface area contributed by atoms with Crippen LogP contribution < -0.4 is 10.7 Å². The van der Waals surface area contributed by atoms with Crippen molar-refractivity contribution < 1.29 is 9.59 Å². The fourth-order valence-electron chi connectivity index (χ4n) is 2.38. The van der Waals surface area contributed by atoms with Crippen molar-refractivity contribution in [2.24, 2.45) is 5.10 Å². The average molecular weight is 474 g/mol. The van der Waals surface area contributed by atoms with Crippen LogP contribution in [0.5, 0.6) is 0 Å². The lowest BCUT2D eigenvalue weighted by molar-refractivity contribution is 0.0956. The Morgan fingerprint density at radius 1 is 1.07 bits per heavy atom. The summed E-state index contributed by atoms with van der Waals surface area (Å²) < 4.78 is 0.708. The maximum atomic E-state index is 12.6. The highest BCUT2D eigenvalue weighted by Crippen LogP contribution is 2.22. The highest BCUT2D eigenvalue weighted by atomic mass is 79.9. The van der Waals surface area contributed by atoms with Crippen LogP contribution >= 0.6 is 28.3 Å². The number of carbonyl (C=O) groups is 2. The molecule has 0 saturated heterocycles. The van der Waals surface area contributed by atoms with Gasteiger partial charge >= 0.3 is 0 Å². The Labute approximate surface area is 183 Å². The fraction of sp³-hybridized carbons (Fsp3) is 0.0476. The van der Waals surface area contributed by atoms with E-state index in [1.165, 1.54) is 6.20 Å². The summed E-state index contributed by atoms with van der Waals surface area (Å²) >= 11 is 3.35. The second kappa shape index (κ2) is 10.5. The van der Waals surface area contributed by atoms with E-state index in [4.69, 9.17) is 0 Å². The second-order valence-corrected chi connectivity index (χ2v) is 6.91. The van der Waals surface area contributed by atoms with Crippen LogP contribution in [0.15, 0.2) is 76.6 Å². The van der Waals surface area contributed by atoms with E-state index >= 15 is 0 Å². The number of hydrazone groups is 1. The zero-order valence-corrected chi connectivity index (χ0v) is 17.8. The fourth-order valence-corrected chi connectivity index (χ4v) is 2.74. The predicted octanol–water partition coefficient (Wildman–Crippen LogP) is 4.59. The molecule has 6 nitrogen and oxygen atoms in total. The van der Waals surface area contributed by atoms with Crippen LogP contribution in [-0.4, -0.2) is 23.0 Å². The standard InChI is InChI=1S/C21H17BrN4O2.ClH/c1-14-4-6-15(7-5-14)12-24-26-21(28)18-11-17(22)8-9-19(18)25-20(27)16-3-2-10-23-13-16;/h2-13H,1H3,(H,25,27)(H,26,28);1H. The van der Waals surface area contributed by atoms with Crippen molar-refractivity contribution in [2.75, 3.05) is 5.32 Å². The number of hydrogen-bond donors (Lipinski definition) is 2. The zero-order valence-electron chi connectivity index (χ0n) is 15.4. The molecule has 148 valence electrons. The molecule has 1 aromatic heterocycles. The summed E-state index contributed by atoms with van der Waals surface area (Å²) in [6.45, 7) is 2.00. The van der Waals surface area contributed by atoms with E-state index in [0.29, 0.717) is 15.7 Å². The number of nitrogens with one attached hydrogen (secondary N) is 2. The smallest absolute Gasteiger partial charge is 0.273 e. The van der Waals surface area contributed by atoms with Crippen LogP contribution in [0.4, 0.5) is 5.69 Å². The van der Waals surface area contributed by atoms with E-state index in [0.717, 1.165) is 11.1 Å². The van der Waals surface area contributed by atoms with Gasteiger partial charge in [0.05, 0.1) is 23.0 Å². The van der Waals surface area contributed by atoms with E-state index in [2.05, 4.69) is 36.8 Å². The molecule has 0 saturated carbocycles. The van der Waals surface area contributed by atoms with Crippen LogP contribution in [0, 0.1) is 6.92 Å². The van der Waals surface area contributed by atoms with Gasteiger partial charge in [0, 0.05) is 16.9 Å². The molecule has 0 unspecified atom stereocenters. The highest BCUT2D eigenvalue weighted by molar-refractivity contribution is 9.10. The van der Waals surface area contributed by atoms with Crippen molar-refractivity contribution in [2.45, 2.75) is 6.92 Å². The first-order valence-electron chi connectivity index (χ1n) is 8.44. The van der Waals surface area contributed by atoms with E-state index in [-0.39, 0.29) is 23.9 Å². The third-order valence-corrected chi connectivity index (χ3v) is 4.35. The average Bonchev–Trinajstić information content (AvgIpc) is 2.71. The third-order valence-electron chi connectivity index (χ3n) is 3.86. The number of amides is 2. The Morgan fingerprint density at radius 3 is 2.52 bits per heavy atom. The molecule has 0 atom stereocenters. The van der Waals surface area contributed by atoms with E-state index in [1.807, 2.05) is 31.2 Å². The molecular weight excluding hydrogens is 456 g/mol. The zero-order chi connectivity index (χ0) is 19.9. The summed E-state index contributed by atoms with van der Waals surface area (Å²) in [7, 11) is 0. The molecule has 2 aromatic carbocycles. The number of anilines is 1. The molecule has 0 aliphatic rings. The quantitative estimate of drug-likeness (QED) is 0.420. The Hall–Kier alpha value is -3.03. The van der Waals surface area contributed by atoms with Crippen molar-refractivity contribution >= 4 is 52.1 Å². The van der Waals surface area contributed by atoms with E-state index in [1.54, 1.807) is 42.7 Å². The number of nitrogens with zero attached hydrogens (tertiary/aromatic N) is 2. The number of carbonyl (C=O) groups excluding carboxylic acids is 2. The van der Waals surface area contributed by atoms with Crippen molar-refractivity contribution in [3.63, 3.8) is 0 Å². The summed E-state index contributed by atoms with van der Waals surface area (Å²) in [6, 6.07) is 16.1. The van der Waals surface area contributed by atoms with Crippen LogP contribution in [0.3, 0.4) is 0 Å². The Morgan fingerprint density at radius 2 is 1.83 bits per heavy atom. The number of pyridine rings is 1. The van der Waals surface area contributed by atoms with Crippen LogP contribution in [-0.2, 0) is 0 Å². The SMILES string of the molecule is Cc1ccc(C=NNC(=O)c2cc(Br)ccc2NC(=O)c2cccnc2)cc1.Cl. The lowest BCUT2D eigenvalue weighted by Gasteiger charge is -2.10.